The molecule has 1 aromatic heterocycles. The zero-order valence-corrected chi connectivity index (χ0v) is 16.2. The molecule has 6 nitrogen and oxygen atoms in total. The van der Waals surface area contributed by atoms with E-state index in [0.29, 0.717) is 32.1 Å². The van der Waals surface area contributed by atoms with E-state index in [2.05, 4.69) is 20.9 Å². The molecule has 0 fully saturated rings. The summed E-state index contributed by atoms with van der Waals surface area (Å²) in [5, 5.41) is 9.06. The van der Waals surface area contributed by atoms with Gasteiger partial charge in [0.05, 0.1) is 5.69 Å². The second kappa shape index (κ2) is 8.20. The first-order valence-corrected chi connectivity index (χ1v) is 9.30. The monoisotopic (exact) mass is 400 g/mol. The van der Waals surface area contributed by atoms with Gasteiger partial charge in [0.25, 0.3) is 5.91 Å². The van der Waals surface area contributed by atoms with Crippen molar-refractivity contribution in [1.82, 2.24) is 4.98 Å². The second-order valence-corrected chi connectivity index (χ2v) is 7.23. The van der Waals surface area contributed by atoms with Gasteiger partial charge in [-0.05, 0) is 43.7 Å². The van der Waals surface area contributed by atoms with Gasteiger partial charge in [0, 0.05) is 16.4 Å². The third-order valence-electron chi connectivity index (χ3n) is 3.70. The summed E-state index contributed by atoms with van der Waals surface area (Å²) in [5.41, 5.74) is 2.73. The Morgan fingerprint density at radius 2 is 1.74 bits per heavy atom. The lowest BCUT2D eigenvalue weighted by Crippen LogP contribution is -2.19. The fraction of sp³-hybridized carbons (Fsp3) is 0.105. The van der Waals surface area contributed by atoms with Gasteiger partial charge in [-0.1, -0.05) is 47.2 Å². The van der Waals surface area contributed by atoms with Crippen molar-refractivity contribution in [3.63, 3.8) is 0 Å². The number of anilines is 3. The summed E-state index contributed by atoms with van der Waals surface area (Å²) in [7, 11) is 0. The van der Waals surface area contributed by atoms with Crippen molar-refractivity contribution in [2.24, 2.45) is 0 Å². The summed E-state index contributed by atoms with van der Waals surface area (Å²) in [6, 6.07) is 13.9. The lowest BCUT2D eigenvalue weighted by molar-refractivity contribution is 0.102. The first-order valence-electron chi connectivity index (χ1n) is 8.10. The molecule has 0 saturated carbocycles. The van der Waals surface area contributed by atoms with E-state index in [-0.39, 0.29) is 5.91 Å². The number of para-hydroxylation sites is 1. The molecule has 3 rings (SSSR count). The lowest BCUT2D eigenvalue weighted by Gasteiger charge is -2.08. The number of hydrogen-bond acceptors (Lipinski definition) is 4. The summed E-state index contributed by atoms with van der Waals surface area (Å²) >= 11 is 7.10. The fourth-order valence-electron chi connectivity index (χ4n) is 2.35. The van der Waals surface area contributed by atoms with E-state index < -0.39 is 6.03 Å². The molecule has 3 aromatic rings. The average Bonchev–Trinajstić information content (AvgIpc) is 2.99. The normalized spacial score (nSPS) is 10.3. The maximum Gasteiger partial charge on any atom is 0.325 e. The highest BCUT2D eigenvalue weighted by Crippen LogP contribution is 2.26. The molecule has 0 spiro atoms. The van der Waals surface area contributed by atoms with E-state index in [9.17, 15) is 9.59 Å². The van der Waals surface area contributed by atoms with Crippen molar-refractivity contribution in [3.05, 3.63) is 69.7 Å². The summed E-state index contributed by atoms with van der Waals surface area (Å²) in [4.78, 5) is 29.3. The molecule has 0 radical (unpaired) electrons. The maximum absolute atomic E-state index is 12.6. The van der Waals surface area contributed by atoms with Crippen LogP contribution in [-0.2, 0) is 0 Å². The standard InChI is InChI=1S/C19H17ClN4O2S/c1-11-8-9-13(20)10-15(11)23-17(25)16-12(2)21-19(27-16)24-18(26)22-14-6-4-3-5-7-14/h3-10H,1-2H3,(H,23,25)(H2,21,22,24,26). The van der Waals surface area contributed by atoms with Gasteiger partial charge >= 0.3 is 6.03 Å². The Morgan fingerprint density at radius 1 is 1.00 bits per heavy atom. The van der Waals surface area contributed by atoms with Crippen LogP contribution in [0.2, 0.25) is 5.02 Å². The van der Waals surface area contributed by atoms with Crippen LogP contribution in [0.25, 0.3) is 0 Å². The van der Waals surface area contributed by atoms with E-state index in [1.807, 2.05) is 31.2 Å². The van der Waals surface area contributed by atoms with Gasteiger partial charge < -0.3 is 10.6 Å². The molecule has 0 saturated heterocycles. The molecule has 8 heteroatoms. The zero-order chi connectivity index (χ0) is 19.4. The number of benzene rings is 2. The Morgan fingerprint density at radius 3 is 2.48 bits per heavy atom. The molecule has 138 valence electrons. The molecular weight excluding hydrogens is 384 g/mol. The fourth-order valence-corrected chi connectivity index (χ4v) is 3.38. The molecule has 27 heavy (non-hydrogen) atoms. The minimum absolute atomic E-state index is 0.299. The van der Waals surface area contributed by atoms with Crippen LogP contribution < -0.4 is 16.0 Å². The van der Waals surface area contributed by atoms with Gasteiger partial charge in [-0.3, -0.25) is 10.1 Å². The molecular formula is C19H17ClN4O2S. The van der Waals surface area contributed by atoms with Gasteiger partial charge in [-0.25, -0.2) is 9.78 Å². The molecule has 0 aliphatic heterocycles. The number of hydrogen-bond donors (Lipinski definition) is 3. The van der Waals surface area contributed by atoms with Crippen LogP contribution in [0.4, 0.5) is 21.3 Å². The number of thiazole rings is 1. The summed E-state index contributed by atoms with van der Waals surface area (Å²) < 4.78 is 0. The predicted octanol–water partition coefficient (Wildman–Crippen LogP) is 5.31. The summed E-state index contributed by atoms with van der Waals surface area (Å²) in [6.45, 7) is 3.60. The Balaban J connectivity index is 1.69. The van der Waals surface area contributed by atoms with Gasteiger partial charge in [-0.2, -0.15) is 0 Å². The van der Waals surface area contributed by atoms with Crippen molar-refractivity contribution in [1.29, 1.82) is 0 Å². The third kappa shape index (κ3) is 4.84. The van der Waals surface area contributed by atoms with E-state index in [1.54, 1.807) is 31.2 Å². The number of carbonyl (C=O) groups is 2. The first-order chi connectivity index (χ1) is 12.9. The molecule has 3 amide bonds. The van der Waals surface area contributed by atoms with Gasteiger partial charge in [0.15, 0.2) is 5.13 Å². The largest absolute Gasteiger partial charge is 0.325 e. The van der Waals surface area contributed by atoms with E-state index in [4.69, 9.17) is 11.6 Å². The molecule has 0 bridgehead atoms. The van der Waals surface area contributed by atoms with Crippen LogP contribution in [0.3, 0.4) is 0 Å². The van der Waals surface area contributed by atoms with Crippen molar-refractivity contribution < 1.29 is 9.59 Å². The molecule has 3 N–H and O–H groups in total. The van der Waals surface area contributed by atoms with Crippen molar-refractivity contribution >= 4 is 51.4 Å². The maximum atomic E-state index is 12.6. The van der Waals surface area contributed by atoms with E-state index in [0.717, 1.165) is 16.9 Å². The number of nitrogens with one attached hydrogen (secondary N) is 3. The van der Waals surface area contributed by atoms with Crippen LogP contribution in [0.15, 0.2) is 48.5 Å². The number of nitrogens with zero attached hydrogens (tertiary/aromatic N) is 1. The number of aromatic nitrogens is 1. The minimum Gasteiger partial charge on any atom is -0.321 e. The van der Waals surface area contributed by atoms with Gasteiger partial charge in [0.2, 0.25) is 0 Å². The highest BCUT2D eigenvalue weighted by Gasteiger charge is 2.17. The summed E-state index contributed by atoms with van der Waals surface area (Å²) in [6.07, 6.45) is 0. The van der Waals surface area contributed by atoms with Crippen LogP contribution in [0.1, 0.15) is 20.9 Å². The number of urea groups is 1. The number of rotatable bonds is 4. The lowest BCUT2D eigenvalue weighted by atomic mass is 10.2. The van der Waals surface area contributed by atoms with Crippen molar-refractivity contribution in [3.8, 4) is 0 Å². The predicted molar refractivity (Wildman–Crippen MR) is 110 cm³/mol. The van der Waals surface area contributed by atoms with E-state index >= 15 is 0 Å². The quantitative estimate of drug-likeness (QED) is 0.555. The second-order valence-electron chi connectivity index (χ2n) is 5.79. The number of carbonyl (C=O) groups excluding carboxylic acids is 2. The Bertz CT molecular complexity index is 989. The van der Waals surface area contributed by atoms with Crippen LogP contribution in [0, 0.1) is 13.8 Å². The smallest absolute Gasteiger partial charge is 0.321 e. The summed E-state index contributed by atoms with van der Waals surface area (Å²) in [5.74, 6) is -0.299. The topological polar surface area (TPSA) is 83.1 Å². The number of aryl methyl sites for hydroxylation is 2. The number of halogens is 1. The molecule has 0 unspecified atom stereocenters. The average molecular weight is 401 g/mol. The Kier molecular flexibility index (Phi) is 5.73. The minimum atomic E-state index is -0.424. The third-order valence-corrected chi connectivity index (χ3v) is 5.01. The van der Waals surface area contributed by atoms with Crippen molar-refractivity contribution in [2.45, 2.75) is 13.8 Å². The number of amides is 3. The van der Waals surface area contributed by atoms with E-state index in [1.165, 1.54) is 0 Å². The zero-order valence-electron chi connectivity index (χ0n) is 14.7. The van der Waals surface area contributed by atoms with Crippen molar-refractivity contribution in [2.75, 3.05) is 16.0 Å². The highest BCUT2D eigenvalue weighted by molar-refractivity contribution is 7.17. The highest BCUT2D eigenvalue weighted by atomic mass is 35.5. The van der Waals surface area contributed by atoms with Crippen LogP contribution in [0.5, 0.6) is 0 Å². The molecule has 1 heterocycles. The van der Waals surface area contributed by atoms with Gasteiger partial charge in [0.1, 0.15) is 4.88 Å². The molecule has 0 aliphatic carbocycles. The SMILES string of the molecule is Cc1ccc(Cl)cc1NC(=O)c1sc(NC(=O)Nc2ccccc2)nc1C. The Hall–Kier alpha value is -2.90. The molecule has 0 aliphatic rings. The van der Waals surface area contributed by atoms with Crippen LogP contribution >= 0.6 is 22.9 Å². The molecule has 2 aromatic carbocycles. The van der Waals surface area contributed by atoms with Crippen LogP contribution in [-0.4, -0.2) is 16.9 Å². The van der Waals surface area contributed by atoms with Gasteiger partial charge in [-0.15, -0.1) is 0 Å². The first kappa shape index (κ1) is 18.9. The Labute approximate surface area is 165 Å². The molecule has 0 atom stereocenters.